The number of hydrogen-bond acceptors (Lipinski definition) is 2. The van der Waals surface area contributed by atoms with Crippen LogP contribution in [0.25, 0.3) is 87.6 Å². The van der Waals surface area contributed by atoms with Crippen molar-refractivity contribution in [3.05, 3.63) is 216 Å². The molecular weight excluding hydrogens is 691 g/mol. The maximum Gasteiger partial charge on any atom is 0.143 e. The molecule has 0 atom stereocenters. The number of nitrogens with one attached hydrogen (secondary N) is 1. The van der Waals surface area contributed by atoms with E-state index in [9.17, 15) is 0 Å². The molecular formula is C55H33NO. The van der Waals surface area contributed by atoms with E-state index < -0.39 is 5.41 Å². The normalized spacial score (nSPS) is 13.4. The van der Waals surface area contributed by atoms with Crippen molar-refractivity contribution in [3.8, 4) is 33.4 Å². The molecule has 1 heterocycles. The highest BCUT2D eigenvalue weighted by Crippen LogP contribution is 2.64. The zero-order chi connectivity index (χ0) is 37.2. The highest BCUT2D eigenvalue weighted by atomic mass is 16.3. The summed E-state index contributed by atoms with van der Waals surface area (Å²) >= 11 is 0. The number of hydrogen-bond donors (Lipinski definition) is 1. The summed E-state index contributed by atoms with van der Waals surface area (Å²) in [6.07, 6.45) is 0. The highest BCUT2D eigenvalue weighted by Gasteiger charge is 2.51. The van der Waals surface area contributed by atoms with Gasteiger partial charge in [0.05, 0.1) is 5.41 Å². The number of fused-ring (bicyclic) bond motifs is 19. The van der Waals surface area contributed by atoms with Gasteiger partial charge in [-0.25, -0.2) is 0 Å². The Morgan fingerprint density at radius 2 is 0.807 bits per heavy atom. The van der Waals surface area contributed by atoms with Gasteiger partial charge in [0.1, 0.15) is 11.2 Å². The fourth-order valence-electron chi connectivity index (χ4n) is 10.6. The van der Waals surface area contributed by atoms with E-state index in [0.29, 0.717) is 0 Å². The lowest BCUT2D eigenvalue weighted by Crippen LogP contribution is -2.26. The first-order valence-corrected chi connectivity index (χ1v) is 19.8. The lowest BCUT2D eigenvalue weighted by molar-refractivity contribution is 0.670. The number of para-hydroxylation sites is 2. The molecule has 2 heteroatoms. The standard InChI is InChI=1S/C55H33NO/c1-2-16-36-34(14-1)35-15-3-4-17-37(35)45-30-33(28-29-38(36)45)56-52-32-51-46(31-47(52)44-23-13-22-43-42-21-8-12-27-53(42)57-54(43)44)41-20-7-11-26-50(41)55(51)48-24-9-5-18-39(48)40-19-6-10-25-49(40)55/h1-32,56H. The second kappa shape index (κ2) is 11.3. The topological polar surface area (TPSA) is 25.2 Å². The zero-order valence-electron chi connectivity index (χ0n) is 30.9. The van der Waals surface area contributed by atoms with Crippen LogP contribution >= 0.6 is 0 Å². The Labute approximate surface area is 329 Å². The van der Waals surface area contributed by atoms with Crippen LogP contribution in [0.2, 0.25) is 0 Å². The molecule has 0 saturated carbocycles. The van der Waals surface area contributed by atoms with Crippen molar-refractivity contribution in [1.82, 2.24) is 0 Å². The third-order valence-corrected chi connectivity index (χ3v) is 12.9. The van der Waals surface area contributed by atoms with Crippen molar-refractivity contribution >= 4 is 65.6 Å². The van der Waals surface area contributed by atoms with Crippen molar-refractivity contribution < 1.29 is 4.42 Å². The minimum Gasteiger partial charge on any atom is -0.455 e. The van der Waals surface area contributed by atoms with Crippen molar-refractivity contribution in [2.75, 3.05) is 5.32 Å². The van der Waals surface area contributed by atoms with E-state index in [1.165, 1.54) is 76.8 Å². The molecule has 13 rings (SSSR count). The van der Waals surface area contributed by atoms with Gasteiger partial charge in [-0.2, -0.15) is 0 Å². The number of anilines is 2. The summed E-state index contributed by atoms with van der Waals surface area (Å²) in [5.41, 5.74) is 16.0. The minimum absolute atomic E-state index is 0.460. The summed E-state index contributed by atoms with van der Waals surface area (Å²) in [6.45, 7) is 0. The molecule has 10 aromatic carbocycles. The van der Waals surface area contributed by atoms with Crippen LogP contribution in [-0.4, -0.2) is 0 Å². The van der Waals surface area contributed by atoms with E-state index in [4.69, 9.17) is 4.42 Å². The van der Waals surface area contributed by atoms with Crippen LogP contribution < -0.4 is 5.32 Å². The molecule has 0 saturated heterocycles. The number of rotatable bonds is 3. The Morgan fingerprint density at radius 3 is 1.46 bits per heavy atom. The molecule has 264 valence electrons. The van der Waals surface area contributed by atoms with Crippen LogP contribution in [0.1, 0.15) is 22.3 Å². The first kappa shape index (κ1) is 30.9. The molecule has 0 amide bonds. The fourth-order valence-corrected chi connectivity index (χ4v) is 10.6. The van der Waals surface area contributed by atoms with Crippen LogP contribution in [0.4, 0.5) is 11.4 Å². The quantitative estimate of drug-likeness (QED) is 0.184. The third-order valence-electron chi connectivity index (χ3n) is 12.9. The lowest BCUT2D eigenvalue weighted by atomic mass is 9.70. The third kappa shape index (κ3) is 4.04. The van der Waals surface area contributed by atoms with Gasteiger partial charge in [0, 0.05) is 33.3 Å². The van der Waals surface area contributed by atoms with Crippen molar-refractivity contribution in [1.29, 1.82) is 0 Å². The maximum absolute atomic E-state index is 6.74. The van der Waals surface area contributed by atoms with Crippen molar-refractivity contribution in [2.24, 2.45) is 0 Å². The summed E-state index contributed by atoms with van der Waals surface area (Å²) in [4.78, 5) is 0. The number of furan rings is 1. The van der Waals surface area contributed by atoms with Gasteiger partial charge in [-0.05, 0) is 107 Å². The predicted octanol–water partition coefficient (Wildman–Crippen LogP) is 14.8. The van der Waals surface area contributed by atoms with E-state index in [-0.39, 0.29) is 0 Å². The van der Waals surface area contributed by atoms with Gasteiger partial charge in [0.2, 0.25) is 0 Å². The zero-order valence-corrected chi connectivity index (χ0v) is 30.9. The van der Waals surface area contributed by atoms with Gasteiger partial charge in [-0.3, -0.25) is 0 Å². The Bertz CT molecular complexity index is 3430. The lowest BCUT2D eigenvalue weighted by Gasteiger charge is -2.31. The molecule has 0 unspecified atom stereocenters. The average Bonchev–Trinajstić information content (AvgIpc) is 3.90. The molecule has 1 aromatic heterocycles. The molecule has 11 aromatic rings. The number of benzene rings is 10. The summed E-state index contributed by atoms with van der Waals surface area (Å²) in [7, 11) is 0. The van der Waals surface area contributed by atoms with Crippen LogP contribution in [0.5, 0.6) is 0 Å². The second-order valence-electron chi connectivity index (χ2n) is 15.6. The molecule has 0 radical (unpaired) electrons. The maximum atomic E-state index is 6.74. The van der Waals surface area contributed by atoms with E-state index >= 15 is 0 Å². The largest absolute Gasteiger partial charge is 0.455 e. The predicted molar refractivity (Wildman–Crippen MR) is 238 cm³/mol. The Hall–Kier alpha value is -7.42. The monoisotopic (exact) mass is 723 g/mol. The van der Waals surface area contributed by atoms with E-state index in [2.05, 4.69) is 193 Å². The van der Waals surface area contributed by atoms with Crippen LogP contribution in [0.3, 0.4) is 0 Å². The van der Waals surface area contributed by atoms with Gasteiger partial charge in [-0.1, -0.05) is 164 Å². The molecule has 57 heavy (non-hydrogen) atoms. The van der Waals surface area contributed by atoms with E-state index in [1.54, 1.807) is 0 Å². The molecule has 0 bridgehead atoms. The Kier molecular flexibility index (Phi) is 6.13. The summed E-state index contributed by atoms with van der Waals surface area (Å²) in [5.74, 6) is 0. The van der Waals surface area contributed by atoms with Crippen molar-refractivity contribution in [2.45, 2.75) is 5.41 Å². The van der Waals surface area contributed by atoms with Gasteiger partial charge >= 0.3 is 0 Å². The molecule has 1 N–H and O–H groups in total. The summed E-state index contributed by atoms with van der Waals surface area (Å²) in [6, 6.07) is 71.3. The molecule has 2 nitrogen and oxygen atoms in total. The molecule has 1 spiro atoms. The second-order valence-corrected chi connectivity index (χ2v) is 15.6. The van der Waals surface area contributed by atoms with Gasteiger partial charge in [0.25, 0.3) is 0 Å². The molecule has 2 aliphatic rings. The van der Waals surface area contributed by atoms with E-state index in [1.807, 2.05) is 6.07 Å². The summed E-state index contributed by atoms with van der Waals surface area (Å²) in [5, 5.41) is 13.9. The van der Waals surface area contributed by atoms with Gasteiger partial charge < -0.3 is 9.73 Å². The van der Waals surface area contributed by atoms with Crippen LogP contribution in [-0.2, 0) is 5.41 Å². The first-order chi connectivity index (χ1) is 28.3. The van der Waals surface area contributed by atoms with Crippen molar-refractivity contribution in [3.63, 3.8) is 0 Å². The molecule has 0 aliphatic heterocycles. The Morgan fingerprint density at radius 1 is 0.316 bits per heavy atom. The summed E-state index contributed by atoms with van der Waals surface area (Å²) < 4.78 is 6.74. The fraction of sp³-hybridized carbons (Fsp3) is 0.0182. The minimum atomic E-state index is -0.460. The van der Waals surface area contributed by atoms with E-state index in [0.717, 1.165) is 44.4 Å². The SMILES string of the molecule is c1ccc2c(c1)-c1ccccc1C21c2ccccc2-c2cc(-c3cccc4c3oc3ccccc34)c(Nc3ccc4c5ccccc5c5ccccc5c4c3)cc21. The van der Waals surface area contributed by atoms with Gasteiger partial charge in [0.15, 0.2) is 0 Å². The van der Waals surface area contributed by atoms with Gasteiger partial charge in [-0.15, -0.1) is 0 Å². The Balaban J connectivity index is 1.12. The smallest absolute Gasteiger partial charge is 0.143 e. The van der Waals surface area contributed by atoms with Crippen LogP contribution in [0, 0.1) is 0 Å². The molecule has 0 fully saturated rings. The van der Waals surface area contributed by atoms with Crippen LogP contribution in [0.15, 0.2) is 199 Å². The molecule has 2 aliphatic carbocycles. The first-order valence-electron chi connectivity index (χ1n) is 19.8. The average molecular weight is 724 g/mol. The highest BCUT2D eigenvalue weighted by molar-refractivity contribution is 6.25.